The number of hydrazone groups is 1. The van der Waals surface area contributed by atoms with Gasteiger partial charge in [-0.15, -0.1) is 0 Å². The number of hydrogen-bond donors (Lipinski definition) is 3. The molecule has 0 saturated carbocycles. The van der Waals surface area contributed by atoms with Gasteiger partial charge in [0, 0.05) is 17.5 Å². The average Bonchev–Trinajstić information content (AvgIpc) is 2.58. The maximum atomic E-state index is 13.3. The maximum Gasteiger partial charge on any atom is 0.167 e. The zero-order chi connectivity index (χ0) is 16.8. The highest BCUT2D eigenvalue weighted by atomic mass is 19.1. The van der Waals surface area contributed by atoms with E-state index in [0.29, 0.717) is 16.7 Å². The van der Waals surface area contributed by atoms with Crippen molar-refractivity contribution in [1.29, 1.82) is 5.26 Å². The van der Waals surface area contributed by atoms with Crippen LogP contribution in [0.15, 0.2) is 47.6 Å². The number of nitriles is 1. The van der Waals surface area contributed by atoms with Crippen molar-refractivity contribution in [3.8, 4) is 6.07 Å². The Bertz CT molecular complexity index is 810. The van der Waals surface area contributed by atoms with Crippen LogP contribution in [0.3, 0.4) is 0 Å². The molecule has 0 fully saturated rings. The van der Waals surface area contributed by atoms with Crippen molar-refractivity contribution in [3.05, 3.63) is 70.5 Å². The van der Waals surface area contributed by atoms with Crippen LogP contribution in [-0.2, 0) is 6.42 Å². The van der Waals surface area contributed by atoms with Crippen molar-refractivity contribution in [3.63, 3.8) is 0 Å². The van der Waals surface area contributed by atoms with E-state index < -0.39 is 5.82 Å². The van der Waals surface area contributed by atoms with Crippen molar-refractivity contribution in [2.24, 2.45) is 16.8 Å². The van der Waals surface area contributed by atoms with Crippen LogP contribution in [0.2, 0.25) is 0 Å². The lowest BCUT2D eigenvalue weighted by atomic mass is 9.97. The summed E-state index contributed by atoms with van der Waals surface area (Å²) < 4.78 is 13.3. The number of nitrogens with zero attached hydrogens (tertiary/aromatic N) is 2. The van der Waals surface area contributed by atoms with Crippen molar-refractivity contribution in [1.82, 2.24) is 5.43 Å². The van der Waals surface area contributed by atoms with Crippen LogP contribution in [0.1, 0.15) is 27.0 Å². The lowest BCUT2D eigenvalue weighted by molar-refractivity contribution is 0.0992. The molecule has 6 nitrogen and oxygen atoms in total. The van der Waals surface area contributed by atoms with Gasteiger partial charge in [0.1, 0.15) is 11.9 Å². The Morgan fingerprint density at radius 2 is 1.96 bits per heavy atom. The lowest BCUT2D eigenvalue weighted by Crippen LogP contribution is -2.33. The molecule has 2 aromatic rings. The number of ketones is 1. The SMILES string of the molecule is N#Cc1cc(CC(=O)c2ccccc2/C(=N\N)NN)ccc1F. The van der Waals surface area contributed by atoms with Gasteiger partial charge in [-0.1, -0.05) is 30.3 Å². The highest BCUT2D eigenvalue weighted by molar-refractivity contribution is 6.10. The number of benzene rings is 2. The highest BCUT2D eigenvalue weighted by Crippen LogP contribution is 2.15. The van der Waals surface area contributed by atoms with Crippen LogP contribution in [0, 0.1) is 17.1 Å². The summed E-state index contributed by atoms with van der Waals surface area (Å²) in [6, 6.07) is 12.4. The van der Waals surface area contributed by atoms with Crippen LogP contribution in [0.25, 0.3) is 0 Å². The number of amidine groups is 1. The van der Waals surface area contributed by atoms with Gasteiger partial charge in [0.25, 0.3) is 0 Å². The quantitative estimate of drug-likeness (QED) is 0.258. The summed E-state index contributed by atoms with van der Waals surface area (Å²) >= 11 is 0. The van der Waals surface area contributed by atoms with Gasteiger partial charge in [-0.05, 0) is 17.7 Å². The second-order valence-corrected chi connectivity index (χ2v) is 4.69. The van der Waals surface area contributed by atoms with E-state index >= 15 is 0 Å². The molecule has 0 aromatic heterocycles. The van der Waals surface area contributed by atoms with Crippen LogP contribution in [0.4, 0.5) is 4.39 Å². The standard InChI is InChI=1S/C16H14FN5O/c17-14-6-5-10(7-11(14)9-18)8-15(23)12-3-1-2-4-13(12)16(21-19)22-20/h1-7H,8,19-20H2,(H,21,22). The van der Waals surface area contributed by atoms with E-state index in [2.05, 4.69) is 10.5 Å². The minimum absolute atomic E-state index is 0.00833. The number of halogens is 1. The molecular weight excluding hydrogens is 297 g/mol. The number of hydrazine groups is 1. The third-order valence-corrected chi connectivity index (χ3v) is 3.26. The van der Waals surface area contributed by atoms with Gasteiger partial charge < -0.3 is 11.3 Å². The Hall–Kier alpha value is -3.24. The van der Waals surface area contributed by atoms with Gasteiger partial charge in [0.15, 0.2) is 11.6 Å². The van der Waals surface area contributed by atoms with Crippen molar-refractivity contribution >= 4 is 11.6 Å². The molecule has 0 bridgehead atoms. The summed E-state index contributed by atoms with van der Waals surface area (Å²) in [6.45, 7) is 0. The van der Waals surface area contributed by atoms with E-state index in [0.717, 1.165) is 0 Å². The van der Waals surface area contributed by atoms with E-state index in [1.54, 1.807) is 30.3 Å². The number of Topliss-reactive ketones (excluding diaryl/α,β-unsaturated/α-hetero) is 1. The topological polar surface area (TPSA) is 117 Å². The zero-order valence-corrected chi connectivity index (χ0v) is 12.1. The Labute approximate surface area is 132 Å². The molecule has 116 valence electrons. The molecule has 2 rings (SSSR count). The molecule has 0 saturated heterocycles. The predicted molar refractivity (Wildman–Crippen MR) is 83.6 cm³/mol. The van der Waals surface area contributed by atoms with Gasteiger partial charge in [-0.2, -0.15) is 10.4 Å². The maximum absolute atomic E-state index is 13.3. The average molecular weight is 311 g/mol. The second kappa shape index (κ2) is 7.15. The first kappa shape index (κ1) is 16.1. The molecule has 7 heteroatoms. The molecular formula is C16H14FN5O. The van der Waals surface area contributed by atoms with E-state index in [-0.39, 0.29) is 23.6 Å². The van der Waals surface area contributed by atoms with Crippen LogP contribution in [-0.4, -0.2) is 11.6 Å². The molecule has 0 atom stereocenters. The molecule has 2 aromatic carbocycles. The van der Waals surface area contributed by atoms with Crippen LogP contribution in [0.5, 0.6) is 0 Å². The summed E-state index contributed by atoms with van der Waals surface area (Å²) in [7, 11) is 0. The molecule has 0 heterocycles. The molecule has 0 unspecified atom stereocenters. The summed E-state index contributed by atoms with van der Waals surface area (Å²) in [5.41, 5.74) is 3.60. The van der Waals surface area contributed by atoms with Crippen molar-refractivity contribution in [2.75, 3.05) is 0 Å². The summed E-state index contributed by atoms with van der Waals surface area (Å²) in [5, 5.41) is 12.3. The Morgan fingerprint density at radius 3 is 2.57 bits per heavy atom. The summed E-state index contributed by atoms with van der Waals surface area (Å²) in [5.74, 6) is 9.92. The molecule has 0 aliphatic rings. The van der Waals surface area contributed by atoms with Gasteiger partial charge in [0.2, 0.25) is 0 Å². The van der Waals surface area contributed by atoms with Crippen LogP contribution >= 0.6 is 0 Å². The van der Waals surface area contributed by atoms with Gasteiger partial charge in [-0.3, -0.25) is 4.79 Å². The van der Waals surface area contributed by atoms with Gasteiger partial charge >= 0.3 is 0 Å². The fourth-order valence-electron chi connectivity index (χ4n) is 2.17. The fourth-order valence-corrected chi connectivity index (χ4v) is 2.17. The Morgan fingerprint density at radius 1 is 1.26 bits per heavy atom. The van der Waals surface area contributed by atoms with E-state index in [4.69, 9.17) is 16.9 Å². The number of rotatable bonds is 4. The third kappa shape index (κ3) is 3.51. The van der Waals surface area contributed by atoms with Gasteiger partial charge in [0.05, 0.1) is 5.56 Å². The molecule has 0 radical (unpaired) electrons. The van der Waals surface area contributed by atoms with E-state index in [9.17, 15) is 9.18 Å². The molecule has 0 aliphatic carbocycles. The zero-order valence-electron chi connectivity index (χ0n) is 12.1. The third-order valence-electron chi connectivity index (χ3n) is 3.26. The molecule has 0 aliphatic heterocycles. The monoisotopic (exact) mass is 311 g/mol. The largest absolute Gasteiger partial charge is 0.321 e. The highest BCUT2D eigenvalue weighted by Gasteiger charge is 2.16. The Kier molecular flexibility index (Phi) is 5.02. The first-order chi connectivity index (χ1) is 11.1. The van der Waals surface area contributed by atoms with Crippen molar-refractivity contribution in [2.45, 2.75) is 6.42 Å². The Balaban J connectivity index is 2.34. The van der Waals surface area contributed by atoms with Crippen molar-refractivity contribution < 1.29 is 9.18 Å². The first-order valence-electron chi connectivity index (χ1n) is 6.66. The van der Waals surface area contributed by atoms with E-state index in [1.807, 2.05) is 0 Å². The normalized spacial score (nSPS) is 10.9. The first-order valence-corrected chi connectivity index (χ1v) is 6.66. The second-order valence-electron chi connectivity index (χ2n) is 4.69. The van der Waals surface area contributed by atoms with Crippen LogP contribution < -0.4 is 17.1 Å². The molecule has 23 heavy (non-hydrogen) atoms. The number of nitrogens with one attached hydrogen (secondary N) is 1. The lowest BCUT2D eigenvalue weighted by Gasteiger charge is -2.10. The number of nitrogens with two attached hydrogens (primary N) is 2. The number of carbonyl (C=O) groups excluding carboxylic acids is 1. The molecule has 5 N–H and O–H groups in total. The minimum atomic E-state index is -0.617. The summed E-state index contributed by atoms with van der Waals surface area (Å²) in [6.07, 6.45) is 0.00833. The minimum Gasteiger partial charge on any atom is -0.321 e. The smallest absolute Gasteiger partial charge is 0.167 e. The number of hydrogen-bond acceptors (Lipinski definition) is 5. The predicted octanol–water partition coefficient (Wildman–Crippen LogP) is 1.21. The molecule has 0 spiro atoms. The number of carbonyl (C=O) groups is 1. The molecule has 0 amide bonds. The fraction of sp³-hybridized carbons (Fsp3) is 0.0625. The summed E-state index contributed by atoms with van der Waals surface area (Å²) in [4.78, 5) is 12.5. The van der Waals surface area contributed by atoms with E-state index in [1.165, 1.54) is 18.2 Å². The van der Waals surface area contributed by atoms with Gasteiger partial charge in [-0.25, -0.2) is 10.2 Å².